The molecule has 0 amide bonds. The highest BCUT2D eigenvalue weighted by Crippen LogP contribution is 2.27. The van der Waals surface area contributed by atoms with Gasteiger partial charge in [0.05, 0.1) is 6.61 Å². The molecule has 2 nitrogen and oxygen atoms in total. The van der Waals surface area contributed by atoms with Crippen LogP contribution in [0.5, 0.6) is 5.75 Å². The van der Waals surface area contributed by atoms with Gasteiger partial charge in [0.15, 0.2) is 0 Å². The maximum absolute atomic E-state index is 5.94. The van der Waals surface area contributed by atoms with Crippen LogP contribution < -0.4 is 10.5 Å². The Morgan fingerprint density at radius 3 is 2.53 bits per heavy atom. The summed E-state index contributed by atoms with van der Waals surface area (Å²) >= 11 is 0. The smallest absolute Gasteiger partial charge is 0.125 e. The molecular weight excluding hydrogens is 210 g/mol. The maximum Gasteiger partial charge on any atom is 0.125 e. The van der Waals surface area contributed by atoms with Crippen molar-refractivity contribution in [1.29, 1.82) is 0 Å². The highest BCUT2D eigenvalue weighted by molar-refractivity contribution is 5.44. The quantitative estimate of drug-likeness (QED) is 0.821. The first-order valence-electron chi connectivity index (χ1n) is 6.47. The average molecular weight is 235 g/mol. The topological polar surface area (TPSA) is 35.2 Å². The molecule has 17 heavy (non-hydrogen) atoms. The Labute approximate surface area is 105 Å². The number of aryl methyl sites for hydroxylation is 3. The van der Waals surface area contributed by atoms with Gasteiger partial charge in [0.25, 0.3) is 0 Å². The third-order valence-electron chi connectivity index (χ3n) is 2.71. The van der Waals surface area contributed by atoms with Crippen LogP contribution in [0.3, 0.4) is 0 Å². The fourth-order valence-corrected chi connectivity index (χ4v) is 1.98. The van der Waals surface area contributed by atoms with Crippen LogP contribution in [-0.4, -0.2) is 13.2 Å². The fraction of sp³-hybridized carbons (Fsp3) is 0.600. The molecule has 0 aliphatic rings. The molecule has 0 atom stereocenters. The van der Waals surface area contributed by atoms with Crippen molar-refractivity contribution in [2.24, 2.45) is 11.7 Å². The minimum atomic E-state index is 0.554. The first kappa shape index (κ1) is 14.0. The third-order valence-corrected chi connectivity index (χ3v) is 2.71. The summed E-state index contributed by atoms with van der Waals surface area (Å²) in [5, 5.41) is 0. The van der Waals surface area contributed by atoms with Crippen molar-refractivity contribution in [2.45, 2.75) is 40.5 Å². The van der Waals surface area contributed by atoms with Crippen LogP contribution in [-0.2, 0) is 6.42 Å². The lowest BCUT2D eigenvalue weighted by molar-refractivity contribution is 0.267. The van der Waals surface area contributed by atoms with E-state index in [2.05, 4.69) is 39.8 Å². The van der Waals surface area contributed by atoms with Gasteiger partial charge >= 0.3 is 0 Å². The van der Waals surface area contributed by atoms with Crippen LogP contribution in [0.4, 0.5) is 0 Å². The molecule has 2 heteroatoms. The lowest BCUT2D eigenvalue weighted by Crippen LogP contribution is -2.09. The van der Waals surface area contributed by atoms with Crippen molar-refractivity contribution in [3.8, 4) is 5.75 Å². The van der Waals surface area contributed by atoms with Gasteiger partial charge in [-0.25, -0.2) is 0 Å². The zero-order valence-corrected chi connectivity index (χ0v) is 11.5. The van der Waals surface area contributed by atoms with Crippen molar-refractivity contribution in [1.82, 2.24) is 0 Å². The van der Waals surface area contributed by atoms with Gasteiger partial charge in [0, 0.05) is 0 Å². The molecule has 0 fully saturated rings. The maximum atomic E-state index is 5.94. The van der Waals surface area contributed by atoms with Gasteiger partial charge in [-0.3, -0.25) is 0 Å². The standard InChI is InChI=1S/C15H25NO/c1-11(2)10-17-15-13(4)8-12(3)9-14(15)6-5-7-16/h8-9,11H,5-7,10,16H2,1-4H3. The van der Waals surface area contributed by atoms with Crippen molar-refractivity contribution >= 4 is 0 Å². The second-order valence-corrected chi connectivity index (χ2v) is 5.17. The fourth-order valence-electron chi connectivity index (χ4n) is 1.98. The second-order valence-electron chi connectivity index (χ2n) is 5.17. The Bertz CT molecular complexity index is 358. The monoisotopic (exact) mass is 235 g/mol. The Morgan fingerprint density at radius 1 is 1.24 bits per heavy atom. The Balaban J connectivity index is 2.90. The molecule has 1 aromatic rings. The number of benzene rings is 1. The van der Waals surface area contributed by atoms with Gasteiger partial charge in [-0.15, -0.1) is 0 Å². The average Bonchev–Trinajstić information content (AvgIpc) is 2.24. The first-order chi connectivity index (χ1) is 8.04. The zero-order valence-electron chi connectivity index (χ0n) is 11.5. The van der Waals surface area contributed by atoms with Gasteiger partial charge < -0.3 is 10.5 Å². The number of hydrogen-bond acceptors (Lipinski definition) is 2. The Hall–Kier alpha value is -1.02. The number of rotatable bonds is 6. The van der Waals surface area contributed by atoms with Gasteiger partial charge in [0.2, 0.25) is 0 Å². The van der Waals surface area contributed by atoms with Gasteiger partial charge in [-0.1, -0.05) is 31.5 Å². The largest absolute Gasteiger partial charge is 0.493 e. The van der Waals surface area contributed by atoms with Crippen LogP contribution in [0.1, 0.15) is 37.0 Å². The Morgan fingerprint density at radius 2 is 1.94 bits per heavy atom. The van der Waals surface area contributed by atoms with Crippen molar-refractivity contribution < 1.29 is 4.74 Å². The molecule has 0 aliphatic heterocycles. The molecule has 0 saturated carbocycles. The molecule has 2 N–H and O–H groups in total. The molecule has 1 rings (SSSR count). The van der Waals surface area contributed by atoms with E-state index in [1.54, 1.807) is 0 Å². The zero-order chi connectivity index (χ0) is 12.8. The number of hydrogen-bond donors (Lipinski definition) is 1. The van der Waals surface area contributed by atoms with Gasteiger partial charge in [-0.2, -0.15) is 0 Å². The predicted octanol–water partition coefficient (Wildman–Crippen LogP) is 3.23. The molecule has 96 valence electrons. The predicted molar refractivity (Wildman–Crippen MR) is 73.6 cm³/mol. The Kier molecular flexibility index (Phi) is 5.49. The number of nitrogens with two attached hydrogens (primary N) is 1. The SMILES string of the molecule is Cc1cc(C)c(OCC(C)C)c(CCCN)c1. The summed E-state index contributed by atoms with van der Waals surface area (Å²) in [5.74, 6) is 1.62. The van der Waals surface area contributed by atoms with Gasteiger partial charge in [-0.05, 0) is 50.3 Å². The van der Waals surface area contributed by atoms with Crippen molar-refractivity contribution in [3.63, 3.8) is 0 Å². The molecule has 0 heterocycles. The summed E-state index contributed by atoms with van der Waals surface area (Å²) in [4.78, 5) is 0. The molecule has 0 bridgehead atoms. The van der Waals surface area contributed by atoms with E-state index < -0.39 is 0 Å². The minimum Gasteiger partial charge on any atom is -0.493 e. The lowest BCUT2D eigenvalue weighted by Gasteiger charge is -2.16. The van der Waals surface area contributed by atoms with E-state index in [1.165, 1.54) is 16.7 Å². The van der Waals surface area contributed by atoms with E-state index in [4.69, 9.17) is 10.5 Å². The third kappa shape index (κ3) is 4.39. The van der Waals surface area contributed by atoms with E-state index in [-0.39, 0.29) is 0 Å². The summed E-state index contributed by atoms with van der Waals surface area (Å²) in [5.41, 5.74) is 9.42. The summed E-state index contributed by atoms with van der Waals surface area (Å²) in [6, 6.07) is 4.40. The van der Waals surface area contributed by atoms with E-state index >= 15 is 0 Å². The highest BCUT2D eigenvalue weighted by atomic mass is 16.5. The summed E-state index contributed by atoms with van der Waals surface area (Å²) in [7, 11) is 0. The molecule has 0 saturated heterocycles. The molecule has 0 unspecified atom stereocenters. The van der Waals surface area contributed by atoms with E-state index in [9.17, 15) is 0 Å². The summed E-state index contributed by atoms with van der Waals surface area (Å²) in [6.07, 6.45) is 2.02. The molecular formula is C15H25NO. The molecule has 0 aliphatic carbocycles. The normalized spacial score (nSPS) is 10.9. The van der Waals surface area contributed by atoms with Crippen LogP contribution in [0.25, 0.3) is 0 Å². The summed E-state index contributed by atoms with van der Waals surface area (Å²) in [6.45, 7) is 10.1. The molecule has 1 aromatic carbocycles. The van der Waals surface area contributed by atoms with Crippen LogP contribution in [0, 0.1) is 19.8 Å². The van der Waals surface area contributed by atoms with Crippen molar-refractivity contribution in [3.05, 3.63) is 28.8 Å². The second kappa shape index (κ2) is 6.65. The van der Waals surface area contributed by atoms with E-state index in [1.807, 2.05) is 0 Å². The number of ether oxygens (including phenoxy) is 1. The minimum absolute atomic E-state index is 0.554. The summed E-state index contributed by atoms with van der Waals surface area (Å²) < 4.78 is 5.94. The van der Waals surface area contributed by atoms with E-state index in [0.717, 1.165) is 31.7 Å². The van der Waals surface area contributed by atoms with Crippen LogP contribution in [0.2, 0.25) is 0 Å². The van der Waals surface area contributed by atoms with Crippen molar-refractivity contribution in [2.75, 3.05) is 13.2 Å². The van der Waals surface area contributed by atoms with Crippen LogP contribution >= 0.6 is 0 Å². The highest BCUT2D eigenvalue weighted by Gasteiger charge is 2.09. The molecule has 0 aromatic heterocycles. The van der Waals surface area contributed by atoms with Crippen LogP contribution in [0.15, 0.2) is 12.1 Å². The first-order valence-corrected chi connectivity index (χ1v) is 6.47. The van der Waals surface area contributed by atoms with Gasteiger partial charge in [0.1, 0.15) is 5.75 Å². The van der Waals surface area contributed by atoms with E-state index in [0.29, 0.717) is 5.92 Å². The lowest BCUT2D eigenvalue weighted by atomic mass is 10.0. The molecule has 0 spiro atoms. The molecule has 0 radical (unpaired) electrons.